The second-order valence-corrected chi connectivity index (χ2v) is 6.67. The minimum absolute atomic E-state index is 0.456. The molecule has 1 unspecified atom stereocenters. The Hall–Kier alpha value is -0.0400. The van der Waals surface area contributed by atoms with Gasteiger partial charge in [-0.25, -0.2) is 0 Å². The Morgan fingerprint density at radius 2 is 1.79 bits per heavy atom. The molecule has 0 bridgehead atoms. The first-order chi connectivity index (χ1) is 6.43. The highest BCUT2D eigenvalue weighted by atomic mass is 15.1. The van der Waals surface area contributed by atoms with Gasteiger partial charge < -0.3 is 4.90 Å². The van der Waals surface area contributed by atoms with Gasteiger partial charge in [-0.05, 0) is 50.1 Å². The van der Waals surface area contributed by atoms with Crippen LogP contribution in [0.15, 0.2) is 0 Å². The van der Waals surface area contributed by atoms with E-state index in [1.165, 1.54) is 38.6 Å². The van der Waals surface area contributed by atoms with Crippen molar-refractivity contribution in [3.05, 3.63) is 0 Å². The van der Waals surface area contributed by atoms with Crippen molar-refractivity contribution < 1.29 is 0 Å². The van der Waals surface area contributed by atoms with E-state index in [9.17, 15) is 0 Å². The first kappa shape index (κ1) is 10.5. The number of hydrogen-bond acceptors (Lipinski definition) is 1. The van der Waals surface area contributed by atoms with E-state index in [-0.39, 0.29) is 0 Å². The Kier molecular flexibility index (Phi) is 2.42. The van der Waals surface area contributed by atoms with Gasteiger partial charge in [-0.2, -0.15) is 0 Å². The van der Waals surface area contributed by atoms with Gasteiger partial charge in [0.25, 0.3) is 0 Å². The van der Waals surface area contributed by atoms with Crippen molar-refractivity contribution in [2.24, 2.45) is 10.8 Å². The number of rotatable bonds is 0. The molecule has 0 radical (unpaired) electrons. The molecule has 14 heavy (non-hydrogen) atoms. The monoisotopic (exact) mass is 195 g/mol. The molecule has 2 aliphatic rings. The Labute approximate surface area is 88.9 Å². The predicted molar refractivity (Wildman–Crippen MR) is 61.4 cm³/mol. The minimum Gasteiger partial charge on any atom is -0.303 e. The molecule has 1 atom stereocenters. The standard InChI is InChI=1S/C13H25N/c1-12(2,3)11-10-13(6-5-7-13)8-9-14(11)4/h11H,5-10H2,1-4H3. The number of nitrogens with zero attached hydrogens (tertiary/aromatic N) is 1. The van der Waals surface area contributed by atoms with Crippen LogP contribution in [0, 0.1) is 10.8 Å². The second-order valence-electron chi connectivity index (χ2n) is 6.67. The van der Waals surface area contributed by atoms with Crippen molar-refractivity contribution in [3.63, 3.8) is 0 Å². The van der Waals surface area contributed by atoms with E-state index in [2.05, 4.69) is 32.7 Å². The number of likely N-dealkylation sites (tertiary alicyclic amines) is 1. The van der Waals surface area contributed by atoms with Crippen LogP contribution in [0.4, 0.5) is 0 Å². The smallest absolute Gasteiger partial charge is 0.0146 e. The van der Waals surface area contributed by atoms with Crippen molar-refractivity contribution in [1.29, 1.82) is 0 Å². The van der Waals surface area contributed by atoms with Crippen molar-refractivity contribution in [2.75, 3.05) is 13.6 Å². The molecule has 0 aromatic carbocycles. The largest absolute Gasteiger partial charge is 0.303 e. The highest BCUT2D eigenvalue weighted by Crippen LogP contribution is 2.52. The van der Waals surface area contributed by atoms with Gasteiger partial charge in [0.15, 0.2) is 0 Å². The van der Waals surface area contributed by atoms with Crippen LogP contribution in [0.2, 0.25) is 0 Å². The molecule has 1 heteroatoms. The van der Waals surface area contributed by atoms with Crippen molar-refractivity contribution in [2.45, 2.75) is 58.9 Å². The molecule has 1 spiro atoms. The maximum absolute atomic E-state index is 2.59. The van der Waals surface area contributed by atoms with E-state index in [4.69, 9.17) is 0 Å². The van der Waals surface area contributed by atoms with Crippen molar-refractivity contribution in [3.8, 4) is 0 Å². The van der Waals surface area contributed by atoms with E-state index in [0.29, 0.717) is 5.41 Å². The van der Waals surface area contributed by atoms with Crippen LogP contribution < -0.4 is 0 Å². The van der Waals surface area contributed by atoms with Crippen molar-refractivity contribution in [1.82, 2.24) is 4.90 Å². The Bertz CT molecular complexity index is 210. The molecule has 1 aliphatic heterocycles. The third-order valence-electron chi connectivity index (χ3n) is 4.57. The van der Waals surface area contributed by atoms with Crippen LogP contribution in [0.5, 0.6) is 0 Å². The molecule has 0 N–H and O–H groups in total. The topological polar surface area (TPSA) is 3.24 Å². The van der Waals surface area contributed by atoms with Crippen LogP contribution >= 0.6 is 0 Å². The van der Waals surface area contributed by atoms with Gasteiger partial charge in [-0.3, -0.25) is 0 Å². The molecule has 0 aromatic rings. The Balaban J connectivity index is 2.07. The Morgan fingerprint density at radius 3 is 2.21 bits per heavy atom. The summed E-state index contributed by atoms with van der Waals surface area (Å²) in [5.41, 5.74) is 1.22. The lowest BCUT2D eigenvalue weighted by Crippen LogP contribution is -2.52. The van der Waals surface area contributed by atoms with Gasteiger partial charge >= 0.3 is 0 Å². The van der Waals surface area contributed by atoms with Crippen LogP contribution in [0.1, 0.15) is 52.9 Å². The summed E-state index contributed by atoms with van der Waals surface area (Å²) in [7, 11) is 2.31. The summed E-state index contributed by atoms with van der Waals surface area (Å²) in [5.74, 6) is 0. The van der Waals surface area contributed by atoms with Gasteiger partial charge in [0.2, 0.25) is 0 Å². The van der Waals surface area contributed by atoms with E-state index < -0.39 is 0 Å². The van der Waals surface area contributed by atoms with Crippen LogP contribution in [-0.2, 0) is 0 Å². The van der Waals surface area contributed by atoms with Gasteiger partial charge in [-0.15, -0.1) is 0 Å². The van der Waals surface area contributed by atoms with Gasteiger partial charge in [0, 0.05) is 6.04 Å². The number of hydrogen-bond donors (Lipinski definition) is 0. The second kappa shape index (κ2) is 3.23. The summed E-state index contributed by atoms with van der Waals surface area (Å²) in [5, 5.41) is 0. The lowest BCUT2D eigenvalue weighted by atomic mass is 9.59. The zero-order chi connectivity index (χ0) is 10.4. The van der Waals surface area contributed by atoms with Gasteiger partial charge in [-0.1, -0.05) is 27.2 Å². The first-order valence-electron chi connectivity index (χ1n) is 6.13. The normalized spacial score (nSPS) is 33.0. The van der Waals surface area contributed by atoms with Crippen LogP contribution in [-0.4, -0.2) is 24.5 Å². The molecule has 1 aliphatic carbocycles. The maximum Gasteiger partial charge on any atom is 0.0146 e. The van der Waals surface area contributed by atoms with Crippen LogP contribution in [0.3, 0.4) is 0 Å². The molecular formula is C13H25N. The molecule has 1 saturated heterocycles. The van der Waals surface area contributed by atoms with Gasteiger partial charge in [0.1, 0.15) is 0 Å². The zero-order valence-corrected chi connectivity index (χ0v) is 10.3. The molecule has 2 fully saturated rings. The average Bonchev–Trinajstić information content (AvgIpc) is 2.00. The molecule has 0 aromatic heterocycles. The molecule has 0 amide bonds. The highest BCUT2D eigenvalue weighted by molar-refractivity contribution is 4.98. The number of piperidine rings is 1. The average molecular weight is 195 g/mol. The third kappa shape index (κ3) is 1.71. The van der Waals surface area contributed by atoms with E-state index in [0.717, 1.165) is 11.5 Å². The van der Waals surface area contributed by atoms with Gasteiger partial charge in [0.05, 0.1) is 0 Å². The Morgan fingerprint density at radius 1 is 1.14 bits per heavy atom. The van der Waals surface area contributed by atoms with Crippen LogP contribution in [0.25, 0.3) is 0 Å². The lowest BCUT2D eigenvalue weighted by Gasteiger charge is -2.54. The molecule has 1 nitrogen and oxygen atoms in total. The first-order valence-corrected chi connectivity index (χ1v) is 6.13. The summed E-state index contributed by atoms with van der Waals surface area (Å²) in [6, 6.07) is 0.802. The summed E-state index contributed by atoms with van der Waals surface area (Å²) >= 11 is 0. The summed E-state index contributed by atoms with van der Waals surface area (Å²) in [4.78, 5) is 2.59. The van der Waals surface area contributed by atoms with E-state index in [1.807, 2.05) is 0 Å². The third-order valence-corrected chi connectivity index (χ3v) is 4.57. The maximum atomic E-state index is 2.59. The minimum atomic E-state index is 0.456. The summed E-state index contributed by atoms with van der Waals surface area (Å²) in [6.45, 7) is 8.51. The molecule has 2 rings (SSSR count). The highest BCUT2D eigenvalue weighted by Gasteiger charge is 2.45. The summed E-state index contributed by atoms with van der Waals surface area (Å²) < 4.78 is 0. The van der Waals surface area contributed by atoms with E-state index in [1.54, 1.807) is 0 Å². The lowest BCUT2D eigenvalue weighted by molar-refractivity contribution is -0.0307. The fourth-order valence-electron chi connectivity index (χ4n) is 3.34. The molecule has 1 heterocycles. The molecule has 1 saturated carbocycles. The zero-order valence-electron chi connectivity index (χ0n) is 10.3. The van der Waals surface area contributed by atoms with E-state index >= 15 is 0 Å². The fraction of sp³-hybridized carbons (Fsp3) is 1.00. The quantitative estimate of drug-likeness (QED) is 0.573. The molecular weight excluding hydrogens is 170 g/mol. The molecule has 82 valence electrons. The fourth-order valence-corrected chi connectivity index (χ4v) is 3.34. The predicted octanol–water partition coefficient (Wildman–Crippen LogP) is 3.30. The van der Waals surface area contributed by atoms with Crippen molar-refractivity contribution >= 4 is 0 Å². The summed E-state index contributed by atoms with van der Waals surface area (Å²) in [6.07, 6.45) is 7.41. The SMILES string of the molecule is CN1CCC2(CCC2)CC1C(C)(C)C.